The molecule has 2 amide bonds. The number of urea groups is 1. The minimum Gasteiger partial charge on any atom is -0.481 e. The molecule has 19 heavy (non-hydrogen) atoms. The summed E-state index contributed by atoms with van der Waals surface area (Å²) in [5.41, 5.74) is 0. The molecule has 0 spiro atoms. The monoisotopic (exact) mass is 268 g/mol. The van der Waals surface area contributed by atoms with Crippen LogP contribution in [0.3, 0.4) is 0 Å². The van der Waals surface area contributed by atoms with Crippen LogP contribution in [0.1, 0.15) is 13.8 Å². The van der Waals surface area contributed by atoms with Gasteiger partial charge in [0, 0.05) is 32.0 Å². The fraction of sp³-hybridized carbons (Fsp3) is 0.583. The van der Waals surface area contributed by atoms with Gasteiger partial charge in [0.15, 0.2) is 0 Å². The van der Waals surface area contributed by atoms with Crippen molar-refractivity contribution >= 4 is 12.0 Å². The Morgan fingerprint density at radius 2 is 2.11 bits per heavy atom. The molecule has 1 atom stereocenters. The van der Waals surface area contributed by atoms with Crippen molar-refractivity contribution in [3.63, 3.8) is 0 Å². The Labute approximate surface area is 112 Å². The summed E-state index contributed by atoms with van der Waals surface area (Å²) in [7, 11) is 0. The molecule has 7 nitrogen and oxygen atoms in total. The zero-order valence-electron chi connectivity index (χ0n) is 11.2. The number of hydrogen-bond acceptors (Lipinski definition) is 3. The van der Waals surface area contributed by atoms with E-state index in [1.165, 1.54) is 0 Å². The number of amides is 2. The first-order chi connectivity index (χ1) is 9.00. The molecule has 7 heteroatoms. The van der Waals surface area contributed by atoms with E-state index in [0.717, 1.165) is 0 Å². The lowest BCUT2D eigenvalue weighted by atomic mass is 9.96. The van der Waals surface area contributed by atoms with Crippen molar-refractivity contribution in [1.29, 1.82) is 0 Å². The zero-order chi connectivity index (χ0) is 14.3. The van der Waals surface area contributed by atoms with Gasteiger partial charge in [0.05, 0.1) is 12.2 Å². The number of nitrogens with zero attached hydrogens (tertiary/aromatic N) is 2. The van der Waals surface area contributed by atoms with E-state index in [0.29, 0.717) is 13.1 Å². The van der Waals surface area contributed by atoms with Gasteiger partial charge in [-0.15, -0.1) is 0 Å². The molecule has 106 valence electrons. The first kappa shape index (κ1) is 15.0. The van der Waals surface area contributed by atoms with Crippen molar-refractivity contribution in [2.75, 3.05) is 13.1 Å². The summed E-state index contributed by atoms with van der Waals surface area (Å²) in [5, 5.41) is 14.2. The smallest absolute Gasteiger partial charge is 0.314 e. The zero-order valence-corrected chi connectivity index (χ0v) is 11.2. The maximum Gasteiger partial charge on any atom is 0.314 e. The van der Waals surface area contributed by atoms with Gasteiger partial charge in [0.25, 0.3) is 0 Å². The number of carboxylic acid groups (broad SMARTS) is 1. The van der Waals surface area contributed by atoms with Gasteiger partial charge in [0.1, 0.15) is 0 Å². The highest BCUT2D eigenvalue weighted by atomic mass is 16.4. The maximum absolute atomic E-state index is 11.5. The van der Waals surface area contributed by atoms with Crippen LogP contribution in [0, 0.1) is 11.8 Å². The molecule has 1 rings (SSSR count). The molecule has 0 aromatic carbocycles. The van der Waals surface area contributed by atoms with Crippen molar-refractivity contribution in [2.45, 2.75) is 20.4 Å². The number of aromatic nitrogens is 2. The van der Waals surface area contributed by atoms with Gasteiger partial charge in [-0.3, -0.25) is 4.79 Å². The van der Waals surface area contributed by atoms with E-state index in [1.807, 2.05) is 18.4 Å². The van der Waals surface area contributed by atoms with E-state index in [1.54, 1.807) is 18.7 Å². The quantitative estimate of drug-likeness (QED) is 0.672. The van der Waals surface area contributed by atoms with Crippen molar-refractivity contribution in [2.24, 2.45) is 11.8 Å². The molecule has 1 unspecified atom stereocenters. The van der Waals surface area contributed by atoms with E-state index >= 15 is 0 Å². The van der Waals surface area contributed by atoms with Gasteiger partial charge >= 0.3 is 12.0 Å². The van der Waals surface area contributed by atoms with Crippen LogP contribution in [-0.4, -0.2) is 39.7 Å². The number of hydrogen-bond donors (Lipinski definition) is 3. The first-order valence-corrected chi connectivity index (χ1v) is 6.21. The molecule has 0 radical (unpaired) electrons. The van der Waals surface area contributed by atoms with Crippen molar-refractivity contribution in [3.8, 4) is 0 Å². The number of carbonyl (C=O) groups excluding carboxylic acids is 1. The summed E-state index contributed by atoms with van der Waals surface area (Å²) in [6.07, 6.45) is 5.14. The Morgan fingerprint density at radius 1 is 1.37 bits per heavy atom. The van der Waals surface area contributed by atoms with E-state index in [-0.39, 0.29) is 18.5 Å². The Balaban J connectivity index is 2.22. The molecule has 1 heterocycles. The van der Waals surface area contributed by atoms with E-state index in [9.17, 15) is 9.59 Å². The predicted octanol–water partition coefficient (Wildman–Crippen LogP) is 0.539. The molecule has 0 saturated carbocycles. The molecule has 3 N–H and O–H groups in total. The van der Waals surface area contributed by atoms with E-state index in [4.69, 9.17) is 5.11 Å². The highest BCUT2D eigenvalue weighted by Gasteiger charge is 2.21. The highest BCUT2D eigenvalue weighted by molar-refractivity contribution is 5.75. The van der Waals surface area contributed by atoms with Gasteiger partial charge in [0.2, 0.25) is 0 Å². The van der Waals surface area contributed by atoms with Crippen LogP contribution in [0.2, 0.25) is 0 Å². The Hall–Kier alpha value is -2.05. The molecule has 0 saturated heterocycles. The molecule has 0 aliphatic carbocycles. The average Bonchev–Trinajstić information content (AvgIpc) is 2.81. The Bertz CT molecular complexity index is 403. The van der Waals surface area contributed by atoms with Gasteiger partial charge < -0.3 is 20.3 Å². The lowest BCUT2D eigenvalue weighted by molar-refractivity contribution is -0.142. The summed E-state index contributed by atoms with van der Waals surface area (Å²) in [4.78, 5) is 26.3. The first-order valence-electron chi connectivity index (χ1n) is 6.21. The van der Waals surface area contributed by atoms with Crippen LogP contribution in [0.25, 0.3) is 0 Å². The van der Waals surface area contributed by atoms with Crippen LogP contribution in [-0.2, 0) is 11.3 Å². The third kappa shape index (κ3) is 5.41. The SMILES string of the molecule is CC(C)C(CNC(=O)NCCn1ccnc1)C(=O)O. The van der Waals surface area contributed by atoms with Gasteiger partial charge in [-0.2, -0.15) is 0 Å². The number of aliphatic carboxylic acids is 1. The summed E-state index contributed by atoms with van der Waals surface area (Å²) in [6.45, 7) is 4.85. The average molecular weight is 268 g/mol. The lowest BCUT2D eigenvalue weighted by Crippen LogP contribution is -2.42. The van der Waals surface area contributed by atoms with Crippen LogP contribution in [0.4, 0.5) is 4.79 Å². The molecule has 1 aromatic rings. The van der Waals surface area contributed by atoms with Gasteiger partial charge in [-0.1, -0.05) is 13.8 Å². The Morgan fingerprint density at radius 3 is 2.63 bits per heavy atom. The molecule has 0 aliphatic heterocycles. The van der Waals surface area contributed by atoms with Crippen molar-refractivity contribution < 1.29 is 14.7 Å². The maximum atomic E-state index is 11.5. The van der Waals surface area contributed by atoms with E-state index < -0.39 is 11.9 Å². The van der Waals surface area contributed by atoms with E-state index in [2.05, 4.69) is 15.6 Å². The third-order valence-corrected chi connectivity index (χ3v) is 2.82. The third-order valence-electron chi connectivity index (χ3n) is 2.82. The molecule has 0 aliphatic rings. The second-order valence-electron chi connectivity index (χ2n) is 4.63. The molecular weight excluding hydrogens is 248 g/mol. The van der Waals surface area contributed by atoms with Gasteiger partial charge in [-0.25, -0.2) is 9.78 Å². The fourth-order valence-corrected chi connectivity index (χ4v) is 1.59. The molecule has 0 bridgehead atoms. The molecule has 0 fully saturated rings. The number of carboxylic acids is 1. The minimum absolute atomic E-state index is 0.0243. The number of carbonyl (C=O) groups is 2. The predicted molar refractivity (Wildman–Crippen MR) is 69.6 cm³/mol. The van der Waals surface area contributed by atoms with Crippen LogP contribution < -0.4 is 10.6 Å². The summed E-state index contributed by atoms with van der Waals surface area (Å²) in [6, 6.07) is -0.355. The van der Waals surface area contributed by atoms with Crippen molar-refractivity contribution in [3.05, 3.63) is 18.7 Å². The highest BCUT2D eigenvalue weighted by Crippen LogP contribution is 2.09. The lowest BCUT2D eigenvalue weighted by Gasteiger charge is -2.17. The Kier molecular flexibility index (Phi) is 5.84. The topological polar surface area (TPSA) is 96.3 Å². The normalized spacial score (nSPS) is 12.2. The fourth-order valence-electron chi connectivity index (χ4n) is 1.59. The summed E-state index contributed by atoms with van der Waals surface area (Å²) in [5.74, 6) is -1.49. The second-order valence-corrected chi connectivity index (χ2v) is 4.63. The molecular formula is C12H20N4O3. The minimum atomic E-state index is -0.895. The number of nitrogens with one attached hydrogen (secondary N) is 2. The standard InChI is InChI=1S/C12H20N4O3/c1-9(2)10(11(17)18)7-15-12(19)14-4-6-16-5-3-13-8-16/h3,5,8-10H,4,6-7H2,1-2H3,(H,17,18)(H2,14,15,19). The van der Waals surface area contributed by atoms with Crippen LogP contribution >= 0.6 is 0 Å². The summed E-state index contributed by atoms with van der Waals surface area (Å²) < 4.78 is 1.84. The van der Waals surface area contributed by atoms with Crippen LogP contribution in [0.15, 0.2) is 18.7 Å². The van der Waals surface area contributed by atoms with Gasteiger partial charge in [-0.05, 0) is 5.92 Å². The summed E-state index contributed by atoms with van der Waals surface area (Å²) >= 11 is 0. The van der Waals surface area contributed by atoms with Crippen LogP contribution in [0.5, 0.6) is 0 Å². The second kappa shape index (κ2) is 7.40. The number of imidazole rings is 1. The molecule has 1 aromatic heterocycles. The number of rotatable bonds is 7. The van der Waals surface area contributed by atoms with Crippen molar-refractivity contribution in [1.82, 2.24) is 20.2 Å². The largest absolute Gasteiger partial charge is 0.481 e.